The number of alkyl halides is 3. The van der Waals surface area contributed by atoms with E-state index in [9.17, 15) is 13.2 Å². The zero-order valence-corrected chi connectivity index (χ0v) is 26.8. The summed E-state index contributed by atoms with van der Waals surface area (Å²) in [4.78, 5) is 19.5. The molecule has 2 aromatic heterocycles. The van der Waals surface area contributed by atoms with Crippen molar-refractivity contribution in [2.45, 2.75) is 102 Å². The number of hydrogen-bond acceptors (Lipinski definition) is 10. The van der Waals surface area contributed by atoms with E-state index in [1.54, 1.807) is 6.33 Å². The first kappa shape index (κ1) is 32.7. The largest absolute Gasteiger partial charge is 0.417 e. The number of benzene rings is 1. The van der Waals surface area contributed by atoms with Crippen LogP contribution in [-0.2, 0) is 20.4 Å². The van der Waals surface area contributed by atoms with Crippen molar-refractivity contribution in [2.75, 3.05) is 18.0 Å². The number of hydrogen-bond donors (Lipinski definition) is 3. The second-order valence-corrected chi connectivity index (χ2v) is 13.4. The maximum atomic E-state index is 13.3. The zero-order chi connectivity index (χ0) is 33.1. The van der Waals surface area contributed by atoms with E-state index in [1.165, 1.54) is 6.33 Å². The van der Waals surface area contributed by atoms with Gasteiger partial charge in [0, 0.05) is 25.0 Å². The van der Waals surface area contributed by atoms with Gasteiger partial charge in [-0.25, -0.2) is 19.9 Å². The van der Waals surface area contributed by atoms with Crippen LogP contribution in [0.4, 0.5) is 30.4 Å². The lowest BCUT2D eigenvalue weighted by Crippen LogP contribution is -2.52. The first-order valence-electron chi connectivity index (χ1n) is 15.3. The minimum atomic E-state index is -4.62. The smallest absolute Gasteiger partial charge is 0.397 e. The van der Waals surface area contributed by atoms with Crippen LogP contribution in [0.5, 0.6) is 0 Å². The molecule has 4 atom stereocenters. The van der Waals surface area contributed by atoms with Gasteiger partial charge in [0.05, 0.1) is 34.1 Å². The Morgan fingerprint density at radius 2 is 1.87 bits per heavy atom. The molecular formula is C30H39ClF3N9O3. The molecular weight excluding hydrogens is 627 g/mol. The fraction of sp³-hybridized carbons (Fsp3) is 0.600. The maximum Gasteiger partial charge on any atom is 0.417 e. The normalized spacial score (nSPS) is 27.9. The summed E-state index contributed by atoms with van der Waals surface area (Å²) < 4.78 is 61.1. The van der Waals surface area contributed by atoms with Gasteiger partial charge < -0.3 is 31.4 Å². The zero-order valence-electron chi connectivity index (χ0n) is 26.0. The van der Waals surface area contributed by atoms with Gasteiger partial charge in [0.2, 0.25) is 0 Å². The molecule has 1 saturated carbocycles. The van der Waals surface area contributed by atoms with Crippen LogP contribution in [0.1, 0.15) is 65.2 Å². The number of anilines is 2. The van der Waals surface area contributed by atoms with Crippen LogP contribution in [0.2, 0.25) is 5.02 Å². The number of nitrogen functional groups attached to an aromatic ring is 2. The number of amidine groups is 1. The number of aromatic nitrogens is 4. The third-order valence-electron chi connectivity index (χ3n) is 9.01. The van der Waals surface area contributed by atoms with Gasteiger partial charge in [-0.2, -0.15) is 13.2 Å². The summed E-state index contributed by atoms with van der Waals surface area (Å²) in [5.74, 6) is 0.132. The second-order valence-electron chi connectivity index (χ2n) is 13.0. The highest BCUT2D eigenvalue weighted by molar-refractivity contribution is 6.31. The Morgan fingerprint density at radius 3 is 2.57 bits per heavy atom. The van der Waals surface area contributed by atoms with Crippen LogP contribution in [0.15, 0.2) is 29.8 Å². The van der Waals surface area contributed by atoms with Gasteiger partial charge in [-0.1, -0.05) is 11.6 Å². The van der Waals surface area contributed by atoms with Gasteiger partial charge >= 0.3 is 6.18 Å². The Hall–Kier alpha value is -3.24. The van der Waals surface area contributed by atoms with Crippen molar-refractivity contribution in [3.05, 3.63) is 35.4 Å². The number of rotatable bonds is 9. The van der Waals surface area contributed by atoms with E-state index in [0.29, 0.717) is 41.9 Å². The van der Waals surface area contributed by atoms with Crippen molar-refractivity contribution in [2.24, 2.45) is 16.6 Å². The molecule has 1 aliphatic carbocycles. The summed E-state index contributed by atoms with van der Waals surface area (Å²) in [7, 11) is 0. The number of ether oxygens (including phenoxy) is 3. The minimum Gasteiger partial charge on any atom is -0.397 e. The topological polar surface area (TPSA) is 165 Å². The quantitative estimate of drug-likeness (QED) is 0.160. The molecule has 6 rings (SSSR count). The van der Waals surface area contributed by atoms with Crippen molar-refractivity contribution in [1.29, 1.82) is 0 Å². The third kappa shape index (κ3) is 6.35. The number of aliphatic imine (C=N–C) groups is 1. The van der Waals surface area contributed by atoms with Crippen molar-refractivity contribution in [3.8, 4) is 0 Å². The molecule has 16 heteroatoms. The lowest BCUT2D eigenvalue weighted by atomic mass is 9.76. The van der Waals surface area contributed by atoms with Crippen molar-refractivity contribution in [3.63, 3.8) is 0 Å². The number of halogens is 4. The molecule has 0 spiro atoms. The van der Waals surface area contributed by atoms with E-state index in [0.717, 1.165) is 31.4 Å². The molecule has 3 aromatic rings. The number of fused-ring (bicyclic) bond motifs is 2. The van der Waals surface area contributed by atoms with Crippen molar-refractivity contribution < 1.29 is 27.4 Å². The molecule has 46 heavy (non-hydrogen) atoms. The maximum absolute atomic E-state index is 13.3. The van der Waals surface area contributed by atoms with Gasteiger partial charge in [-0.15, -0.1) is 0 Å². The van der Waals surface area contributed by atoms with Gasteiger partial charge in [-0.05, 0) is 65.0 Å². The second kappa shape index (κ2) is 12.1. The highest BCUT2D eigenvalue weighted by Crippen LogP contribution is 2.45. The van der Waals surface area contributed by atoms with Gasteiger partial charge in [0.1, 0.15) is 30.2 Å². The van der Waals surface area contributed by atoms with Crippen LogP contribution in [0.25, 0.3) is 11.2 Å². The van der Waals surface area contributed by atoms with Crippen LogP contribution in [0, 0.1) is 5.92 Å². The lowest BCUT2D eigenvalue weighted by Gasteiger charge is -2.46. The Morgan fingerprint density at radius 1 is 1.15 bits per heavy atom. The summed E-state index contributed by atoms with van der Waals surface area (Å²) in [6.07, 6.45) is 0.0564. The highest BCUT2D eigenvalue weighted by atomic mass is 35.5. The molecule has 0 amide bonds. The molecule has 4 heterocycles. The molecule has 3 aliphatic rings. The van der Waals surface area contributed by atoms with E-state index in [1.807, 2.05) is 18.4 Å². The van der Waals surface area contributed by atoms with Crippen LogP contribution in [0.3, 0.4) is 0 Å². The third-order valence-corrected chi connectivity index (χ3v) is 9.33. The molecule has 0 bridgehead atoms. The summed E-state index contributed by atoms with van der Waals surface area (Å²) in [5.41, 5.74) is 18.1. The van der Waals surface area contributed by atoms with Crippen molar-refractivity contribution in [1.82, 2.24) is 24.4 Å². The SMILES string of the molecule is CC(C)N(C[C@H]1O[C@@H](n2cnc3c(N)ncnc32)[C@@H]2OC(C)(C)O[C@@H]21)C1CC(CCC(N)=Nc2cc(C(F)(F)F)c(Cl)cc2N)C1. The molecule has 2 aliphatic heterocycles. The van der Waals surface area contributed by atoms with E-state index in [-0.39, 0.29) is 41.6 Å². The molecule has 0 unspecified atom stereocenters. The minimum absolute atomic E-state index is 0.0366. The lowest BCUT2D eigenvalue weighted by molar-refractivity contribution is -0.199. The number of imidazole rings is 1. The average molecular weight is 666 g/mol. The van der Waals surface area contributed by atoms with Crippen LogP contribution < -0.4 is 17.2 Å². The summed E-state index contributed by atoms with van der Waals surface area (Å²) >= 11 is 5.74. The van der Waals surface area contributed by atoms with Gasteiger partial charge in [0.25, 0.3) is 0 Å². The Kier molecular flexibility index (Phi) is 8.59. The van der Waals surface area contributed by atoms with Crippen LogP contribution in [-0.4, -0.2) is 73.0 Å². The predicted octanol–water partition coefficient (Wildman–Crippen LogP) is 5.04. The van der Waals surface area contributed by atoms with Gasteiger partial charge in [0.15, 0.2) is 23.5 Å². The van der Waals surface area contributed by atoms with E-state index >= 15 is 0 Å². The molecule has 6 N–H and O–H groups in total. The standard InChI is InChI=1S/C30H39ClF3N9O3/c1-14(2)42(16-7-15(8-16)5-6-22(36)41-20-9-17(30(32,33)34)18(31)10-19(20)35)11-21-24-25(46-29(3,4)45-24)28(44-21)43-13-40-23-26(37)38-12-39-27(23)43/h9-10,12-16,21,24-25,28H,5-8,11,35H2,1-4H3,(H2,36,41)(H2,37,38,39)/t15?,16?,21-,24-,25-,28-/m1/s1. The Balaban J connectivity index is 1.09. The van der Waals surface area contributed by atoms with Gasteiger partial charge in [-0.3, -0.25) is 9.47 Å². The Labute approximate surface area is 269 Å². The number of nitrogens with zero attached hydrogens (tertiary/aromatic N) is 6. The molecule has 250 valence electrons. The number of nitrogens with two attached hydrogens (primary N) is 3. The predicted molar refractivity (Wildman–Crippen MR) is 167 cm³/mol. The fourth-order valence-electron chi connectivity index (χ4n) is 6.74. The average Bonchev–Trinajstić information content (AvgIpc) is 3.59. The monoisotopic (exact) mass is 665 g/mol. The summed E-state index contributed by atoms with van der Waals surface area (Å²) in [6.45, 7) is 8.75. The van der Waals surface area contributed by atoms with E-state index in [4.69, 9.17) is 43.0 Å². The summed E-state index contributed by atoms with van der Waals surface area (Å²) in [6, 6.07) is 2.45. The molecule has 0 radical (unpaired) electrons. The summed E-state index contributed by atoms with van der Waals surface area (Å²) in [5, 5.41) is -0.475. The van der Waals surface area contributed by atoms with Crippen LogP contribution >= 0.6 is 11.6 Å². The highest BCUT2D eigenvalue weighted by Gasteiger charge is 2.57. The molecule has 2 saturated heterocycles. The first-order valence-corrected chi connectivity index (χ1v) is 15.7. The van der Waals surface area contributed by atoms with E-state index in [2.05, 4.69) is 38.7 Å². The molecule has 1 aromatic carbocycles. The van der Waals surface area contributed by atoms with Crippen molar-refractivity contribution >= 4 is 45.8 Å². The Bertz CT molecular complexity index is 1630. The molecule has 3 fully saturated rings. The first-order chi connectivity index (χ1) is 21.6. The molecule has 12 nitrogen and oxygen atoms in total. The van der Waals surface area contributed by atoms with E-state index < -0.39 is 28.8 Å². The fourth-order valence-corrected chi connectivity index (χ4v) is 7.02.